The molecule has 0 aliphatic heterocycles. The van der Waals surface area contributed by atoms with Crippen LogP contribution in [0.25, 0.3) is 0 Å². The highest BCUT2D eigenvalue weighted by Gasteiger charge is 2.16. The van der Waals surface area contributed by atoms with E-state index >= 15 is 0 Å². The Balaban J connectivity index is 2.93. The smallest absolute Gasteiger partial charge is 0.267 e. The molecule has 0 spiro atoms. The van der Waals surface area contributed by atoms with Crippen molar-refractivity contribution in [2.75, 3.05) is 0 Å². The molecule has 0 bridgehead atoms. The summed E-state index contributed by atoms with van der Waals surface area (Å²) in [6, 6.07) is 1.21. The first kappa shape index (κ1) is 8.12. The molecule has 0 N–H and O–H groups in total. The minimum Gasteiger partial charge on any atom is -0.294 e. The van der Waals surface area contributed by atoms with Gasteiger partial charge in [0.1, 0.15) is 5.69 Å². The zero-order valence-electron chi connectivity index (χ0n) is 5.80. The maximum Gasteiger partial charge on any atom is 0.267 e. The van der Waals surface area contributed by atoms with Gasteiger partial charge in [0, 0.05) is 0 Å². The normalized spacial score (nSPS) is 9.00. The second-order valence-corrected chi connectivity index (χ2v) is 1.82. The number of carbonyl (C=O) groups is 3. The molecule has 0 aliphatic rings. The molecule has 0 fully saturated rings. The van der Waals surface area contributed by atoms with E-state index in [2.05, 4.69) is 15.4 Å². The number of rotatable bonds is 3. The van der Waals surface area contributed by atoms with Crippen LogP contribution >= 0.6 is 0 Å². The Labute approximate surface area is 66.6 Å². The van der Waals surface area contributed by atoms with Crippen LogP contribution in [0.5, 0.6) is 0 Å². The van der Waals surface area contributed by atoms with Crippen LogP contribution in [-0.2, 0) is 9.59 Å². The van der Waals surface area contributed by atoms with E-state index < -0.39 is 11.6 Å². The average molecular weight is 165 g/mol. The van der Waals surface area contributed by atoms with Crippen LogP contribution in [0.15, 0.2) is 12.3 Å². The molecule has 0 saturated carbocycles. The lowest BCUT2D eigenvalue weighted by Crippen LogP contribution is -2.17. The summed E-state index contributed by atoms with van der Waals surface area (Å²) >= 11 is 0. The molecule has 1 heterocycles. The molecule has 0 saturated heterocycles. The zero-order chi connectivity index (χ0) is 8.97. The van der Waals surface area contributed by atoms with Gasteiger partial charge in [-0.3, -0.25) is 14.4 Å². The molecule has 0 aliphatic carbocycles. The van der Waals surface area contributed by atoms with Crippen LogP contribution in [0.4, 0.5) is 0 Å². The van der Waals surface area contributed by atoms with Gasteiger partial charge in [-0.15, -0.1) is 10.2 Å². The summed E-state index contributed by atoms with van der Waals surface area (Å²) in [5, 5.41) is 9.69. The summed E-state index contributed by atoms with van der Waals surface area (Å²) in [5.74, 6) is -2.12. The highest BCUT2D eigenvalue weighted by molar-refractivity contribution is 6.61. The molecular formula is C6H3N3O3. The van der Waals surface area contributed by atoms with E-state index in [4.69, 9.17) is 0 Å². The Kier molecular flexibility index (Phi) is 2.32. The SMILES string of the molecule is O=CC(=O)C(=O)c1ccnnn1. The molecule has 0 aromatic carbocycles. The number of aromatic nitrogens is 3. The van der Waals surface area contributed by atoms with E-state index in [0.717, 1.165) is 0 Å². The van der Waals surface area contributed by atoms with Gasteiger partial charge in [0.25, 0.3) is 11.6 Å². The van der Waals surface area contributed by atoms with Crippen molar-refractivity contribution >= 4 is 17.9 Å². The highest BCUT2D eigenvalue weighted by atomic mass is 16.2. The number of ketones is 2. The zero-order valence-corrected chi connectivity index (χ0v) is 5.80. The van der Waals surface area contributed by atoms with Crippen molar-refractivity contribution in [3.8, 4) is 0 Å². The van der Waals surface area contributed by atoms with Crippen molar-refractivity contribution in [2.24, 2.45) is 0 Å². The van der Waals surface area contributed by atoms with E-state index in [9.17, 15) is 14.4 Å². The molecule has 12 heavy (non-hydrogen) atoms. The summed E-state index contributed by atoms with van der Waals surface area (Å²) in [6.45, 7) is 0. The van der Waals surface area contributed by atoms with Crippen molar-refractivity contribution in [1.29, 1.82) is 0 Å². The number of nitrogens with zero attached hydrogens (tertiary/aromatic N) is 3. The summed E-state index contributed by atoms with van der Waals surface area (Å²) < 4.78 is 0. The fourth-order valence-electron chi connectivity index (χ4n) is 0.542. The van der Waals surface area contributed by atoms with Crippen molar-refractivity contribution in [3.63, 3.8) is 0 Å². The lowest BCUT2D eigenvalue weighted by Gasteiger charge is -1.89. The van der Waals surface area contributed by atoms with Gasteiger partial charge in [0.05, 0.1) is 6.20 Å². The van der Waals surface area contributed by atoms with Crippen LogP contribution in [0.1, 0.15) is 10.5 Å². The van der Waals surface area contributed by atoms with Gasteiger partial charge in [0.2, 0.25) is 0 Å². The quantitative estimate of drug-likeness (QED) is 0.242. The van der Waals surface area contributed by atoms with Crippen LogP contribution in [0, 0.1) is 0 Å². The van der Waals surface area contributed by atoms with Crippen LogP contribution in [-0.4, -0.2) is 33.3 Å². The minimum absolute atomic E-state index is 0.0650. The Morgan fingerprint density at radius 1 is 1.42 bits per heavy atom. The maximum absolute atomic E-state index is 10.9. The highest BCUT2D eigenvalue weighted by Crippen LogP contribution is 1.91. The first-order chi connectivity index (χ1) is 5.75. The Morgan fingerprint density at radius 2 is 2.17 bits per heavy atom. The standard InChI is InChI=1S/C6H3N3O3/c10-3-5(11)6(12)4-1-2-7-9-8-4/h1-3H. The molecule has 1 rings (SSSR count). The topological polar surface area (TPSA) is 89.9 Å². The molecule has 6 heteroatoms. The number of hydrogen-bond acceptors (Lipinski definition) is 6. The van der Waals surface area contributed by atoms with Gasteiger partial charge in [-0.2, -0.15) is 0 Å². The van der Waals surface area contributed by atoms with Gasteiger partial charge in [-0.05, 0) is 11.3 Å². The summed E-state index contributed by atoms with van der Waals surface area (Å²) in [7, 11) is 0. The third-order valence-corrected chi connectivity index (χ3v) is 1.07. The van der Waals surface area contributed by atoms with Gasteiger partial charge in [-0.1, -0.05) is 0 Å². The van der Waals surface area contributed by atoms with Crippen LogP contribution < -0.4 is 0 Å². The number of Topliss-reactive ketones (excluding diaryl/α,β-unsaturated/α-hetero) is 2. The van der Waals surface area contributed by atoms with Gasteiger partial charge in [-0.25, -0.2) is 0 Å². The van der Waals surface area contributed by atoms with E-state index in [-0.39, 0.29) is 12.0 Å². The van der Waals surface area contributed by atoms with Gasteiger partial charge < -0.3 is 0 Å². The van der Waals surface area contributed by atoms with Crippen LogP contribution in [0.2, 0.25) is 0 Å². The summed E-state index contributed by atoms with van der Waals surface area (Å²) in [4.78, 5) is 31.3. The summed E-state index contributed by atoms with van der Waals surface area (Å²) in [5.41, 5.74) is -0.179. The molecule has 1 aromatic rings. The molecule has 0 amide bonds. The largest absolute Gasteiger partial charge is 0.294 e. The molecule has 0 unspecified atom stereocenters. The second-order valence-electron chi connectivity index (χ2n) is 1.82. The summed E-state index contributed by atoms with van der Waals surface area (Å²) in [6.07, 6.45) is 1.14. The second kappa shape index (κ2) is 3.42. The third-order valence-electron chi connectivity index (χ3n) is 1.07. The lowest BCUT2D eigenvalue weighted by molar-refractivity contribution is -0.126. The third kappa shape index (κ3) is 1.54. The average Bonchev–Trinajstić information content (AvgIpc) is 2.17. The lowest BCUT2D eigenvalue weighted by atomic mass is 10.2. The predicted octanol–water partition coefficient (Wildman–Crippen LogP) is -1.18. The fourth-order valence-corrected chi connectivity index (χ4v) is 0.542. The monoisotopic (exact) mass is 165 g/mol. The van der Waals surface area contributed by atoms with Crippen LogP contribution in [0.3, 0.4) is 0 Å². The Hall–Kier alpha value is -1.98. The number of carbonyl (C=O) groups excluding carboxylic acids is 3. The fraction of sp³-hybridized carbons (Fsp3) is 0. The van der Waals surface area contributed by atoms with E-state index in [0.29, 0.717) is 0 Å². The van der Waals surface area contributed by atoms with Crippen molar-refractivity contribution < 1.29 is 14.4 Å². The molecule has 1 aromatic heterocycles. The number of aldehydes is 1. The maximum atomic E-state index is 10.9. The van der Waals surface area contributed by atoms with E-state index in [1.165, 1.54) is 12.3 Å². The van der Waals surface area contributed by atoms with Gasteiger partial charge >= 0.3 is 0 Å². The van der Waals surface area contributed by atoms with E-state index in [1.807, 2.05) is 0 Å². The van der Waals surface area contributed by atoms with Crippen molar-refractivity contribution in [2.45, 2.75) is 0 Å². The molecule has 60 valence electrons. The van der Waals surface area contributed by atoms with Crippen molar-refractivity contribution in [3.05, 3.63) is 18.0 Å². The Morgan fingerprint density at radius 3 is 2.67 bits per heavy atom. The minimum atomic E-state index is -1.14. The molecular weight excluding hydrogens is 162 g/mol. The van der Waals surface area contributed by atoms with E-state index in [1.54, 1.807) is 0 Å². The Bertz CT molecular complexity index is 322. The molecule has 6 nitrogen and oxygen atoms in total. The van der Waals surface area contributed by atoms with Gasteiger partial charge in [0.15, 0.2) is 6.29 Å². The predicted molar refractivity (Wildman–Crippen MR) is 35.2 cm³/mol. The van der Waals surface area contributed by atoms with Crippen molar-refractivity contribution in [1.82, 2.24) is 15.4 Å². The first-order valence-corrected chi connectivity index (χ1v) is 2.94. The molecule has 0 radical (unpaired) electrons. The first-order valence-electron chi connectivity index (χ1n) is 2.94. The molecule has 0 atom stereocenters. The number of hydrogen-bond donors (Lipinski definition) is 0.